The van der Waals surface area contributed by atoms with Crippen LogP contribution >= 0.6 is 11.8 Å². The molecule has 1 atom stereocenters. The lowest BCUT2D eigenvalue weighted by molar-refractivity contribution is -0.113. The molecule has 1 unspecified atom stereocenters. The lowest BCUT2D eigenvalue weighted by Gasteiger charge is -2.16. The van der Waals surface area contributed by atoms with Crippen molar-refractivity contribution in [3.8, 4) is 5.75 Å². The summed E-state index contributed by atoms with van der Waals surface area (Å²) in [5.74, 6) is 2.53. The van der Waals surface area contributed by atoms with Gasteiger partial charge in [-0.15, -0.1) is 11.8 Å². The molecule has 1 aliphatic heterocycles. The maximum Gasteiger partial charge on any atom is 0.235 e. The van der Waals surface area contributed by atoms with E-state index < -0.39 is 0 Å². The van der Waals surface area contributed by atoms with Gasteiger partial charge >= 0.3 is 0 Å². The molecular weight excluding hydrogens is 364 g/mol. The van der Waals surface area contributed by atoms with Crippen LogP contribution in [0.4, 0.5) is 5.82 Å². The number of benzene rings is 1. The highest BCUT2D eigenvalue weighted by molar-refractivity contribution is 8.00. The first kappa shape index (κ1) is 17.7. The van der Waals surface area contributed by atoms with E-state index in [0.717, 1.165) is 39.6 Å². The molecule has 3 aromatic rings. The molecule has 0 aliphatic carbocycles. The Morgan fingerprint density at radius 1 is 1.26 bits per heavy atom. The zero-order valence-electron chi connectivity index (χ0n) is 15.3. The standard InChI is InChI=1S/C19H20N4O3S/c1-10-15(12(3)26-23-10)8-25-14-6-4-13(5-7-14)18-17-11(2)21-22-19(17)20-16(24)9-27-18/h4-7,18H,8-9H2,1-3H3,(H2,20,21,22,24). The number of rotatable bonds is 4. The number of fused-ring (bicyclic) bond motifs is 1. The average molecular weight is 384 g/mol. The number of thioether (sulfide) groups is 1. The summed E-state index contributed by atoms with van der Waals surface area (Å²) < 4.78 is 11.0. The Kier molecular flexibility index (Phi) is 4.65. The van der Waals surface area contributed by atoms with Crippen molar-refractivity contribution in [1.82, 2.24) is 15.4 Å². The van der Waals surface area contributed by atoms with Crippen molar-refractivity contribution in [2.75, 3.05) is 11.1 Å². The summed E-state index contributed by atoms with van der Waals surface area (Å²) in [5, 5.41) is 14.0. The highest BCUT2D eigenvalue weighted by atomic mass is 32.2. The molecule has 0 saturated carbocycles. The van der Waals surface area contributed by atoms with E-state index in [1.165, 1.54) is 0 Å². The molecule has 0 saturated heterocycles. The summed E-state index contributed by atoms with van der Waals surface area (Å²) in [6.07, 6.45) is 0. The van der Waals surface area contributed by atoms with Crippen LogP contribution in [-0.4, -0.2) is 27.0 Å². The third-order valence-electron chi connectivity index (χ3n) is 4.64. The van der Waals surface area contributed by atoms with E-state index in [2.05, 4.69) is 20.7 Å². The minimum Gasteiger partial charge on any atom is -0.489 e. The number of carbonyl (C=O) groups is 1. The Hall–Kier alpha value is -2.74. The number of nitrogens with zero attached hydrogens (tertiary/aromatic N) is 2. The molecule has 2 aromatic heterocycles. The largest absolute Gasteiger partial charge is 0.489 e. The van der Waals surface area contributed by atoms with Gasteiger partial charge in [-0.25, -0.2) is 0 Å². The molecule has 7 nitrogen and oxygen atoms in total. The summed E-state index contributed by atoms with van der Waals surface area (Å²) >= 11 is 1.59. The Bertz CT molecular complexity index is 958. The topological polar surface area (TPSA) is 93.0 Å². The molecule has 27 heavy (non-hydrogen) atoms. The van der Waals surface area contributed by atoms with Crippen molar-refractivity contribution in [3.05, 3.63) is 58.1 Å². The zero-order chi connectivity index (χ0) is 19.0. The Balaban J connectivity index is 1.54. The molecule has 2 N–H and O–H groups in total. The fourth-order valence-corrected chi connectivity index (χ4v) is 4.32. The van der Waals surface area contributed by atoms with Gasteiger partial charge in [0.15, 0.2) is 5.82 Å². The van der Waals surface area contributed by atoms with Gasteiger partial charge in [-0.1, -0.05) is 17.3 Å². The smallest absolute Gasteiger partial charge is 0.235 e. The molecule has 4 rings (SSSR count). The first-order valence-electron chi connectivity index (χ1n) is 8.63. The van der Waals surface area contributed by atoms with Gasteiger partial charge in [-0.3, -0.25) is 9.89 Å². The third kappa shape index (κ3) is 3.44. The summed E-state index contributed by atoms with van der Waals surface area (Å²) in [5.41, 5.74) is 4.91. The van der Waals surface area contributed by atoms with E-state index in [0.29, 0.717) is 18.2 Å². The summed E-state index contributed by atoms with van der Waals surface area (Å²) in [6.45, 7) is 6.17. The number of amides is 1. The number of aromatic nitrogens is 3. The maximum atomic E-state index is 11.9. The quantitative estimate of drug-likeness (QED) is 0.713. The number of hydrogen-bond acceptors (Lipinski definition) is 6. The van der Waals surface area contributed by atoms with Gasteiger partial charge in [0, 0.05) is 11.3 Å². The number of carbonyl (C=O) groups excluding carboxylic acids is 1. The molecule has 140 valence electrons. The van der Waals surface area contributed by atoms with Gasteiger partial charge in [0.25, 0.3) is 0 Å². The predicted octanol–water partition coefficient (Wildman–Crippen LogP) is 3.68. The van der Waals surface area contributed by atoms with Crippen LogP contribution in [0.3, 0.4) is 0 Å². The minimum atomic E-state index is -0.0327. The normalized spacial score (nSPS) is 16.6. The first-order valence-corrected chi connectivity index (χ1v) is 9.68. The number of aryl methyl sites for hydroxylation is 3. The molecular formula is C19H20N4O3S. The van der Waals surface area contributed by atoms with Gasteiger partial charge in [0.2, 0.25) is 5.91 Å². The van der Waals surface area contributed by atoms with Crippen molar-refractivity contribution in [1.29, 1.82) is 0 Å². The zero-order valence-corrected chi connectivity index (χ0v) is 16.1. The Morgan fingerprint density at radius 3 is 2.74 bits per heavy atom. The molecule has 1 aromatic carbocycles. The van der Waals surface area contributed by atoms with Crippen molar-refractivity contribution in [2.24, 2.45) is 0 Å². The van der Waals surface area contributed by atoms with Crippen LogP contribution in [0, 0.1) is 20.8 Å². The fraction of sp³-hybridized carbons (Fsp3) is 0.316. The van der Waals surface area contributed by atoms with Crippen LogP contribution < -0.4 is 10.1 Å². The molecule has 1 aliphatic rings. The SMILES string of the molecule is Cc1noc(C)c1COc1ccc(C2SCC(=O)Nc3n[nH]c(C)c32)cc1. The van der Waals surface area contributed by atoms with Gasteiger partial charge in [0.1, 0.15) is 18.1 Å². The fourth-order valence-electron chi connectivity index (χ4n) is 3.13. The second kappa shape index (κ2) is 7.11. The maximum absolute atomic E-state index is 11.9. The molecule has 0 spiro atoms. The number of anilines is 1. The van der Waals surface area contributed by atoms with Crippen LogP contribution in [-0.2, 0) is 11.4 Å². The van der Waals surface area contributed by atoms with E-state index in [1.807, 2.05) is 45.0 Å². The highest BCUT2D eigenvalue weighted by Crippen LogP contribution is 2.42. The first-order chi connectivity index (χ1) is 13.0. The molecule has 3 heterocycles. The number of ether oxygens (including phenoxy) is 1. The number of nitrogens with one attached hydrogen (secondary N) is 2. The summed E-state index contributed by atoms with van der Waals surface area (Å²) in [4.78, 5) is 11.9. The lowest BCUT2D eigenvalue weighted by Crippen LogP contribution is -2.12. The number of hydrogen-bond donors (Lipinski definition) is 2. The van der Waals surface area contributed by atoms with Crippen LogP contribution in [0.2, 0.25) is 0 Å². The van der Waals surface area contributed by atoms with Crippen molar-refractivity contribution < 1.29 is 14.1 Å². The van der Waals surface area contributed by atoms with E-state index in [9.17, 15) is 4.79 Å². The molecule has 0 bridgehead atoms. The second-order valence-corrected chi connectivity index (χ2v) is 7.60. The number of H-pyrrole nitrogens is 1. The van der Waals surface area contributed by atoms with Crippen LogP contribution in [0.15, 0.2) is 28.8 Å². The third-order valence-corrected chi connectivity index (χ3v) is 5.91. The van der Waals surface area contributed by atoms with Crippen LogP contribution in [0.25, 0.3) is 0 Å². The lowest BCUT2D eigenvalue weighted by atomic mass is 10.0. The minimum absolute atomic E-state index is 0.0327. The van der Waals surface area contributed by atoms with E-state index in [-0.39, 0.29) is 11.2 Å². The highest BCUT2D eigenvalue weighted by Gasteiger charge is 2.28. The van der Waals surface area contributed by atoms with Gasteiger partial charge < -0.3 is 14.6 Å². The predicted molar refractivity (Wildman–Crippen MR) is 103 cm³/mol. The Morgan fingerprint density at radius 2 is 2.04 bits per heavy atom. The van der Waals surface area contributed by atoms with E-state index in [1.54, 1.807) is 11.8 Å². The van der Waals surface area contributed by atoms with Gasteiger partial charge in [-0.2, -0.15) is 5.10 Å². The molecule has 8 heteroatoms. The summed E-state index contributed by atoms with van der Waals surface area (Å²) in [6, 6.07) is 7.96. The van der Waals surface area contributed by atoms with E-state index in [4.69, 9.17) is 9.26 Å². The van der Waals surface area contributed by atoms with Crippen LogP contribution in [0.5, 0.6) is 5.75 Å². The van der Waals surface area contributed by atoms with Crippen LogP contribution in [0.1, 0.15) is 39.1 Å². The van der Waals surface area contributed by atoms with Crippen molar-refractivity contribution in [3.63, 3.8) is 0 Å². The molecule has 0 radical (unpaired) electrons. The average Bonchev–Trinajstić information content (AvgIpc) is 3.11. The van der Waals surface area contributed by atoms with Gasteiger partial charge in [0.05, 0.1) is 22.3 Å². The summed E-state index contributed by atoms with van der Waals surface area (Å²) in [7, 11) is 0. The number of aromatic amines is 1. The monoisotopic (exact) mass is 384 g/mol. The molecule has 1 amide bonds. The van der Waals surface area contributed by atoms with Crippen molar-refractivity contribution in [2.45, 2.75) is 32.6 Å². The van der Waals surface area contributed by atoms with E-state index >= 15 is 0 Å². The van der Waals surface area contributed by atoms with Crippen molar-refractivity contribution >= 4 is 23.5 Å². The molecule has 0 fully saturated rings. The van der Waals surface area contributed by atoms with Gasteiger partial charge in [-0.05, 0) is 38.5 Å². The second-order valence-electron chi connectivity index (χ2n) is 6.51. The Labute approximate surface area is 160 Å².